The summed E-state index contributed by atoms with van der Waals surface area (Å²) in [6.07, 6.45) is 0. The van der Waals surface area contributed by atoms with Crippen LogP contribution >= 0.6 is 0 Å². The predicted molar refractivity (Wildman–Crippen MR) is 35.6 cm³/mol. The average Bonchev–Trinajstić information content (AvgIpc) is 1.89. The van der Waals surface area contributed by atoms with Gasteiger partial charge in [-0.05, 0) is 0 Å². The molecule has 0 fully saturated rings. The molecule has 0 aliphatic carbocycles. The molecular formula is C7H8NPd. The maximum atomic E-state index is 3.13. The Balaban J connectivity index is 3.01. The van der Waals surface area contributed by atoms with Gasteiger partial charge in [0.05, 0.1) is 0 Å². The molecule has 1 rings (SSSR count). The van der Waals surface area contributed by atoms with E-state index in [1.54, 1.807) is 0 Å². The summed E-state index contributed by atoms with van der Waals surface area (Å²) < 4.78 is 1.14. The number of para-hydroxylation sites is 1. The molecule has 0 saturated heterocycles. The van der Waals surface area contributed by atoms with Crippen molar-refractivity contribution < 1.29 is 19.2 Å². The fourth-order valence-electron chi connectivity index (χ4n) is 0.645. The second-order valence-corrected chi connectivity index (χ2v) is 2.53. The van der Waals surface area contributed by atoms with Gasteiger partial charge in [0.25, 0.3) is 0 Å². The number of hydrogen-bond acceptors (Lipinski definition) is 1. The third-order valence-corrected chi connectivity index (χ3v) is 1.79. The molecule has 2 heteroatoms. The number of rotatable bonds is 1. The van der Waals surface area contributed by atoms with Crippen LogP contribution in [0.3, 0.4) is 0 Å². The molecule has 51 valence electrons. The van der Waals surface area contributed by atoms with Crippen molar-refractivity contribution in [3.8, 4) is 0 Å². The van der Waals surface area contributed by atoms with Crippen molar-refractivity contribution in [2.75, 3.05) is 12.4 Å². The van der Waals surface area contributed by atoms with Gasteiger partial charge in [-0.25, -0.2) is 0 Å². The van der Waals surface area contributed by atoms with E-state index in [4.69, 9.17) is 0 Å². The van der Waals surface area contributed by atoms with Gasteiger partial charge < -0.3 is 0 Å². The number of anilines is 1. The third-order valence-electron chi connectivity index (χ3n) is 1.12. The van der Waals surface area contributed by atoms with Crippen LogP contribution in [0.25, 0.3) is 0 Å². The SMILES string of the molecule is CNc1cccc[c]1[Pd]. The van der Waals surface area contributed by atoms with Crippen molar-refractivity contribution in [2.45, 2.75) is 0 Å². The Morgan fingerprint density at radius 3 is 2.44 bits per heavy atom. The zero-order valence-electron chi connectivity index (χ0n) is 5.13. The molecule has 0 unspecified atom stereocenters. The Morgan fingerprint density at radius 2 is 2.00 bits per heavy atom. The predicted octanol–water partition coefficient (Wildman–Crippen LogP) is 0.900. The molecule has 0 aromatic heterocycles. The van der Waals surface area contributed by atoms with E-state index < -0.39 is 0 Å². The van der Waals surface area contributed by atoms with Crippen LogP contribution in [-0.4, -0.2) is 7.05 Å². The molecule has 1 N–H and O–H groups in total. The van der Waals surface area contributed by atoms with Gasteiger partial charge in [-0.1, -0.05) is 0 Å². The van der Waals surface area contributed by atoms with Crippen molar-refractivity contribution in [1.82, 2.24) is 0 Å². The third kappa shape index (κ3) is 1.54. The van der Waals surface area contributed by atoms with Crippen molar-refractivity contribution in [2.24, 2.45) is 0 Å². The van der Waals surface area contributed by atoms with Crippen LogP contribution in [0.5, 0.6) is 0 Å². The topological polar surface area (TPSA) is 12.0 Å². The van der Waals surface area contributed by atoms with Gasteiger partial charge in [0.15, 0.2) is 0 Å². The zero-order chi connectivity index (χ0) is 6.69. The Bertz CT molecular complexity index is 198. The van der Waals surface area contributed by atoms with E-state index in [1.807, 2.05) is 31.3 Å². The Labute approximate surface area is 65.9 Å². The van der Waals surface area contributed by atoms with Gasteiger partial charge in [-0.15, -0.1) is 0 Å². The fourth-order valence-corrected chi connectivity index (χ4v) is 1.12. The molecular weight excluding hydrogens is 205 g/mol. The van der Waals surface area contributed by atoms with E-state index in [0.717, 1.165) is 9.72 Å². The maximum absolute atomic E-state index is 3.13. The molecule has 0 radical (unpaired) electrons. The molecule has 1 nitrogen and oxygen atoms in total. The molecule has 0 bridgehead atoms. The molecule has 9 heavy (non-hydrogen) atoms. The second kappa shape index (κ2) is 3.01. The number of benzene rings is 1. The fraction of sp³-hybridized carbons (Fsp3) is 0.143. The molecule has 0 atom stereocenters. The summed E-state index contributed by atoms with van der Waals surface area (Å²) >= 11 is 3.13. The monoisotopic (exact) mass is 212 g/mol. The van der Waals surface area contributed by atoms with Gasteiger partial charge in [-0.2, -0.15) is 0 Å². The van der Waals surface area contributed by atoms with Crippen molar-refractivity contribution in [3.05, 3.63) is 24.3 Å². The molecule has 0 saturated carbocycles. The summed E-state index contributed by atoms with van der Waals surface area (Å²) in [5.74, 6) is 0. The molecule has 1 aromatic carbocycles. The van der Waals surface area contributed by atoms with E-state index in [9.17, 15) is 0 Å². The number of hydrogen-bond donors (Lipinski definition) is 1. The van der Waals surface area contributed by atoms with Crippen LogP contribution in [0.1, 0.15) is 0 Å². The van der Waals surface area contributed by atoms with Crippen molar-refractivity contribution >= 4 is 9.72 Å². The first kappa shape index (κ1) is 6.80. The first-order valence-electron chi connectivity index (χ1n) is 2.74. The second-order valence-electron chi connectivity index (χ2n) is 1.70. The quantitative estimate of drug-likeness (QED) is 0.682. The van der Waals surface area contributed by atoms with Gasteiger partial charge in [-0.3, -0.25) is 0 Å². The van der Waals surface area contributed by atoms with Crippen molar-refractivity contribution in [1.29, 1.82) is 0 Å². The summed E-state index contributed by atoms with van der Waals surface area (Å²) in [6.45, 7) is 0. The molecule has 0 aliphatic rings. The van der Waals surface area contributed by atoms with Crippen LogP contribution in [0, 0.1) is 0 Å². The first-order valence-corrected chi connectivity index (χ1v) is 3.51. The first-order chi connectivity index (χ1) is 4.34. The Morgan fingerprint density at radius 1 is 1.33 bits per heavy atom. The van der Waals surface area contributed by atoms with E-state index in [-0.39, 0.29) is 0 Å². The van der Waals surface area contributed by atoms with Crippen LogP contribution in [0.4, 0.5) is 5.69 Å². The van der Waals surface area contributed by atoms with E-state index >= 15 is 0 Å². The summed E-state index contributed by atoms with van der Waals surface area (Å²) in [4.78, 5) is 0. The van der Waals surface area contributed by atoms with Crippen LogP contribution in [0.15, 0.2) is 24.3 Å². The minimum atomic E-state index is 1.14. The van der Waals surface area contributed by atoms with E-state index in [1.165, 1.54) is 0 Å². The summed E-state index contributed by atoms with van der Waals surface area (Å²) in [5, 5.41) is 3.06. The van der Waals surface area contributed by atoms with Crippen LogP contribution < -0.4 is 9.35 Å². The summed E-state index contributed by atoms with van der Waals surface area (Å²) in [7, 11) is 1.91. The van der Waals surface area contributed by atoms with Crippen molar-refractivity contribution in [3.63, 3.8) is 0 Å². The normalized spacial score (nSPS) is 9.22. The summed E-state index contributed by atoms with van der Waals surface area (Å²) in [5.41, 5.74) is 1.14. The minimum absolute atomic E-state index is 1.14. The number of nitrogens with one attached hydrogen (secondary N) is 1. The molecule has 0 spiro atoms. The summed E-state index contributed by atoms with van der Waals surface area (Å²) in [6, 6.07) is 8.05. The van der Waals surface area contributed by atoms with Crippen LogP contribution in [0.2, 0.25) is 0 Å². The standard InChI is InChI=1S/C7H8N.Pd/c1-8-7-5-3-2-4-6-7;/h2-5,8H,1H3;. The van der Waals surface area contributed by atoms with Gasteiger partial charge in [0.2, 0.25) is 0 Å². The van der Waals surface area contributed by atoms with Gasteiger partial charge >= 0.3 is 65.6 Å². The Hall–Kier alpha value is -0.318. The molecule has 0 amide bonds. The van der Waals surface area contributed by atoms with E-state index in [0.29, 0.717) is 0 Å². The molecule has 1 aromatic rings. The van der Waals surface area contributed by atoms with Crippen LogP contribution in [-0.2, 0) is 19.2 Å². The van der Waals surface area contributed by atoms with Gasteiger partial charge in [0.1, 0.15) is 0 Å². The Kier molecular flexibility index (Phi) is 2.27. The average molecular weight is 213 g/mol. The van der Waals surface area contributed by atoms with Gasteiger partial charge in [0, 0.05) is 0 Å². The molecule has 0 aliphatic heterocycles. The molecule has 0 heterocycles. The zero-order valence-corrected chi connectivity index (χ0v) is 6.68. The van der Waals surface area contributed by atoms with E-state index in [2.05, 4.69) is 24.5 Å².